The van der Waals surface area contributed by atoms with Gasteiger partial charge in [0.2, 0.25) is 0 Å². The topological polar surface area (TPSA) is 18.5 Å². The lowest BCUT2D eigenvalue weighted by molar-refractivity contribution is 0.00578. The smallest absolute Gasteiger partial charge is 0.403 e. The minimum absolute atomic E-state index is 0.148. The summed E-state index contributed by atoms with van der Waals surface area (Å²) in [6.45, 7) is 11.7. The van der Waals surface area contributed by atoms with Crippen LogP contribution in [0.25, 0.3) is 0 Å². The van der Waals surface area contributed by atoms with Gasteiger partial charge in [-0.05, 0) is 27.7 Å². The van der Waals surface area contributed by atoms with E-state index < -0.39 is 37.3 Å². The van der Waals surface area contributed by atoms with Crippen molar-refractivity contribution in [3.8, 4) is 0 Å². The molecule has 6 heteroatoms. The highest BCUT2D eigenvalue weighted by Crippen LogP contribution is 2.74. The van der Waals surface area contributed by atoms with Gasteiger partial charge in [0, 0.05) is 6.42 Å². The van der Waals surface area contributed by atoms with Crippen molar-refractivity contribution in [2.75, 3.05) is 0 Å². The summed E-state index contributed by atoms with van der Waals surface area (Å²) in [5.41, 5.74) is -1.19. The maximum atomic E-state index is 14.7. The molecule has 0 N–H and O–H groups in total. The molecule has 2 nitrogen and oxygen atoms in total. The van der Waals surface area contributed by atoms with Crippen LogP contribution in [0.1, 0.15) is 34.1 Å². The van der Waals surface area contributed by atoms with Gasteiger partial charge in [-0.15, -0.1) is 0 Å². The zero-order valence-corrected chi connectivity index (χ0v) is 15.7. The minimum atomic E-state index is -2.74. The fourth-order valence-corrected chi connectivity index (χ4v) is 7.52. The highest BCUT2D eigenvalue weighted by molar-refractivity contribution is 7.00. The van der Waals surface area contributed by atoms with Gasteiger partial charge < -0.3 is 9.31 Å². The summed E-state index contributed by atoms with van der Waals surface area (Å²) in [5.74, 6) is -2.74. The Labute approximate surface area is 138 Å². The SMILES string of the molecule is CC1(C)OB(C2([Si](C)(C)c3ccccc3)CC2(F)F)OC1(C)C. The van der Waals surface area contributed by atoms with Gasteiger partial charge >= 0.3 is 7.12 Å². The number of hydrogen-bond acceptors (Lipinski definition) is 2. The van der Waals surface area contributed by atoms with Crippen molar-refractivity contribution in [1.82, 2.24) is 0 Å². The summed E-state index contributed by atoms with van der Waals surface area (Å²) < 4.78 is 41.5. The second-order valence-electron chi connectivity index (χ2n) is 8.43. The molecule has 3 rings (SSSR count). The molecule has 23 heavy (non-hydrogen) atoms. The van der Waals surface area contributed by atoms with E-state index in [-0.39, 0.29) is 6.42 Å². The average Bonchev–Trinajstić information content (AvgIpc) is 2.95. The molecule has 0 spiro atoms. The number of benzene rings is 1. The largest absolute Gasteiger partial charge is 0.468 e. The quantitative estimate of drug-likeness (QED) is 0.775. The van der Waals surface area contributed by atoms with E-state index in [0.717, 1.165) is 5.19 Å². The molecular formula is C17H25BF2O2Si. The van der Waals surface area contributed by atoms with Crippen LogP contribution < -0.4 is 5.19 Å². The van der Waals surface area contributed by atoms with Crippen molar-refractivity contribution < 1.29 is 18.1 Å². The second-order valence-corrected chi connectivity index (χ2v) is 13.2. The number of rotatable bonds is 3. The number of halogens is 2. The Morgan fingerprint density at radius 1 is 0.957 bits per heavy atom. The molecule has 0 amide bonds. The van der Waals surface area contributed by atoms with E-state index in [0.29, 0.717) is 0 Å². The molecule has 1 aliphatic heterocycles. The predicted molar refractivity (Wildman–Crippen MR) is 91.9 cm³/mol. The minimum Gasteiger partial charge on any atom is -0.403 e. The standard InChI is InChI=1S/C17H25BF2O2Si/c1-14(2)15(3,4)22-18(21-14)16(12-17(16,19)20)23(5,6)13-10-8-7-9-11-13/h7-11H,12H2,1-6H3. The molecule has 1 saturated carbocycles. The molecule has 1 atom stereocenters. The Kier molecular flexibility index (Phi) is 3.48. The molecule has 0 aromatic heterocycles. The Morgan fingerprint density at radius 2 is 1.39 bits per heavy atom. The third-order valence-corrected chi connectivity index (χ3v) is 11.1. The van der Waals surface area contributed by atoms with Gasteiger partial charge in [0.1, 0.15) is 0 Å². The van der Waals surface area contributed by atoms with E-state index in [1.54, 1.807) is 0 Å². The van der Waals surface area contributed by atoms with E-state index in [2.05, 4.69) is 0 Å². The van der Waals surface area contributed by atoms with E-state index in [4.69, 9.17) is 9.31 Å². The van der Waals surface area contributed by atoms with Gasteiger partial charge in [-0.3, -0.25) is 0 Å². The molecule has 1 aromatic rings. The second kappa shape index (κ2) is 4.67. The molecule has 1 heterocycles. The number of hydrogen-bond donors (Lipinski definition) is 0. The zero-order chi connectivity index (χ0) is 17.3. The van der Waals surface area contributed by atoms with Gasteiger partial charge in [-0.2, -0.15) is 0 Å². The fourth-order valence-electron chi connectivity index (χ4n) is 3.69. The molecular weight excluding hydrogens is 313 g/mol. The number of alkyl halides is 2. The van der Waals surface area contributed by atoms with Crippen molar-refractivity contribution in [3.63, 3.8) is 0 Å². The zero-order valence-electron chi connectivity index (χ0n) is 14.7. The first-order valence-corrected chi connectivity index (χ1v) is 11.2. The van der Waals surface area contributed by atoms with E-state index in [9.17, 15) is 8.78 Å². The Balaban J connectivity index is 2.04. The summed E-state index contributed by atoms with van der Waals surface area (Å²) in [6.07, 6.45) is -0.148. The van der Waals surface area contributed by atoms with Crippen LogP contribution in [0.3, 0.4) is 0 Å². The molecule has 1 unspecified atom stereocenters. The Bertz CT molecular complexity index is 602. The lowest BCUT2D eigenvalue weighted by Gasteiger charge is -2.35. The lowest BCUT2D eigenvalue weighted by Crippen LogP contribution is -2.56. The molecule has 0 radical (unpaired) electrons. The molecule has 1 aliphatic carbocycles. The Hall–Kier alpha value is -0.718. The molecule has 0 bridgehead atoms. The van der Waals surface area contributed by atoms with Gasteiger partial charge in [0.15, 0.2) is 0 Å². The summed E-state index contributed by atoms with van der Waals surface area (Å²) in [6, 6.07) is 9.69. The monoisotopic (exact) mass is 338 g/mol. The Morgan fingerprint density at radius 3 is 1.78 bits per heavy atom. The van der Waals surface area contributed by atoms with Crippen LogP contribution in [-0.4, -0.2) is 32.3 Å². The van der Waals surface area contributed by atoms with Gasteiger partial charge in [0.05, 0.1) is 24.2 Å². The lowest BCUT2D eigenvalue weighted by atomic mass is 9.80. The van der Waals surface area contributed by atoms with Crippen molar-refractivity contribution in [2.24, 2.45) is 0 Å². The van der Waals surface area contributed by atoms with Crippen LogP contribution in [0, 0.1) is 0 Å². The highest BCUT2D eigenvalue weighted by Gasteiger charge is 2.85. The first kappa shape index (κ1) is 17.1. The van der Waals surface area contributed by atoms with Gasteiger partial charge in [0.25, 0.3) is 5.92 Å². The maximum absolute atomic E-state index is 14.7. The van der Waals surface area contributed by atoms with E-state index in [1.807, 2.05) is 71.1 Å². The van der Waals surface area contributed by atoms with Crippen LogP contribution in [0.5, 0.6) is 0 Å². The third-order valence-electron chi connectivity index (χ3n) is 6.29. The highest BCUT2D eigenvalue weighted by atomic mass is 28.3. The van der Waals surface area contributed by atoms with E-state index >= 15 is 0 Å². The van der Waals surface area contributed by atoms with E-state index in [1.165, 1.54) is 0 Å². The molecule has 1 saturated heterocycles. The molecule has 126 valence electrons. The van der Waals surface area contributed by atoms with Crippen molar-refractivity contribution in [3.05, 3.63) is 30.3 Å². The third kappa shape index (κ3) is 2.18. The van der Waals surface area contributed by atoms with Gasteiger partial charge in [-0.25, -0.2) is 8.78 Å². The summed E-state index contributed by atoms with van der Waals surface area (Å²) >= 11 is 0. The molecule has 2 fully saturated rings. The molecule has 1 aromatic carbocycles. The predicted octanol–water partition coefficient (Wildman–Crippen LogP) is 4.01. The van der Waals surface area contributed by atoms with Crippen LogP contribution >= 0.6 is 0 Å². The summed E-state index contributed by atoms with van der Waals surface area (Å²) in [4.78, 5) is -1.20. The van der Waals surface area contributed by atoms with Crippen LogP contribution in [0.2, 0.25) is 18.0 Å². The fraction of sp³-hybridized carbons (Fsp3) is 0.647. The average molecular weight is 338 g/mol. The van der Waals surface area contributed by atoms with Crippen LogP contribution in [-0.2, 0) is 9.31 Å². The first-order chi connectivity index (χ1) is 10.4. The van der Waals surface area contributed by atoms with Crippen molar-refractivity contribution in [2.45, 2.75) is 69.3 Å². The van der Waals surface area contributed by atoms with Crippen molar-refractivity contribution in [1.29, 1.82) is 0 Å². The van der Waals surface area contributed by atoms with Gasteiger partial charge in [-0.1, -0.05) is 48.6 Å². The normalized spacial score (nSPS) is 31.2. The maximum Gasteiger partial charge on any atom is 0.468 e. The summed E-state index contributed by atoms with van der Waals surface area (Å²) in [7, 11) is -3.38. The van der Waals surface area contributed by atoms with Crippen LogP contribution in [0.4, 0.5) is 8.78 Å². The molecule has 2 aliphatic rings. The summed E-state index contributed by atoms with van der Waals surface area (Å²) in [5, 5.41) is 1.02. The van der Waals surface area contributed by atoms with Crippen molar-refractivity contribution >= 4 is 20.4 Å². The van der Waals surface area contributed by atoms with Crippen LogP contribution in [0.15, 0.2) is 30.3 Å². The first-order valence-electron chi connectivity index (χ1n) is 8.16.